The van der Waals surface area contributed by atoms with Crippen molar-refractivity contribution in [3.05, 3.63) is 0 Å². The molecule has 0 radical (unpaired) electrons. The van der Waals surface area contributed by atoms with Gasteiger partial charge in [0.25, 0.3) is 0 Å². The third-order valence-corrected chi connectivity index (χ3v) is 7.41. The van der Waals surface area contributed by atoms with E-state index in [0.717, 1.165) is 51.9 Å². The van der Waals surface area contributed by atoms with Gasteiger partial charge in [0.05, 0.1) is 0 Å². The summed E-state index contributed by atoms with van der Waals surface area (Å²) in [6, 6.07) is 0. The maximum Gasteiger partial charge on any atom is 0.222 e. The Balaban J connectivity index is 0.000000340. The number of likely N-dealkylation sites (tertiary alicyclic amines) is 2. The molecule has 0 N–H and O–H groups in total. The lowest BCUT2D eigenvalue weighted by atomic mass is 10.1. The van der Waals surface area contributed by atoms with E-state index in [1.54, 1.807) is 0 Å². The summed E-state index contributed by atoms with van der Waals surface area (Å²) in [4.78, 5) is 27.3. The number of rotatable bonds is 18. The standard InChI is InChI=1S/2C15H29NO/c2*1-2-3-4-5-6-7-8-10-13-16-14-11-9-12-15(16)17/h2*2-14H2,1H3. The van der Waals surface area contributed by atoms with Gasteiger partial charge >= 0.3 is 0 Å². The van der Waals surface area contributed by atoms with Crippen LogP contribution in [0, 0.1) is 0 Å². The van der Waals surface area contributed by atoms with E-state index in [4.69, 9.17) is 0 Å². The molecular weight excluding hydrogens is 420 g/mol. The average Bonchev–Trinajstić information content (AvgIpc) is 2.85. The van der Waals surface area contributed by atoms with Crippen molar-refractivity contribution in [3.63, 3.8) is 0 Å². The van der Waals surface area contributed by atoms with E-state index < -0.39 is 0 Å². The van der Waals surface area contributed by atoms with Crippen LogP contribution in [0.1, 0.15) is 155 Å². The summed E-state index contributed by atoms with van der Waals surface area (Å²) in [6.45, 7) is 8.55. The Morgan fingerprint density at radius 1 is 0.471 bits per heavy atom. The average molecular weight is 479 g/mol. The number of carbonyl (C=O) groups is 2. The van der Waals surface area contributed by atoms with Gasteiger partial charge in [-0.25, -0.2) is 0 Å². The van der Waals surface area contributed by atoms with Crippen molar-refractivity contribution < 1.29 is 9.59 Å². The van der Waals surface area contributed by atoms with E-state index in [2.05, 4.69) is 23.6 Å². The van der Waals surface area contributed by atoms with Crippen molar-refractivity contribution in [2.75, 3.05) is 26.2 Å². The van der Waals surface area contributed by atoms with Crippen LogP contribution in [-0.2, 0) is 9.59 Å². The molecule has 0 aliphatic carbocycles. The summed E-state index contributed by atoms with van der Waals surface area (Å²) in [7, 11) is 0. The maximum absolute atomic E-state index is 11.6. The van der Waals surface area contributed by atoms with Crippen molar-refractivity contribution in [2.45, 2.75) is 155 Å². The lowest BCUT2D eigenvalue weighted by Crippen LogP contribution is -2.35. The molecular formula is C30H58N2O2. The molecule has 2 aliphatic rings. The molecule has 0 unspecified atom stereocenters. The summed E-state index contributed by atoms with van der Waals surface area (Å²) in [5.41, 5.74) is 0. The van der Waals surface area contributed by atoms with Gasteiger partial charge in [-0.05, 0) is 38.5 Å². The molecule has 0 bridgehead atoms. The van der Waals surface area contributed by atoms with Crippen molar-refractivity contribution in [2.24, 2.45) is 0 Å². The molecule has 2 aliphatic heterocycles. The Hall–Kier alpha value is -1.06. The molecule has 4 nitrogen and oxygen atoms in total. The predicted molar refractivity (Wildman–Crippen MR) is 146 cm³/mol. The Kier molecular flexibility index (Phi) is 20.4. The SMILES string of the molecule is CCCCCCCCCCN1CCCCC1=O.CCCCCCCCCCN1CCCCC1=O. The second-order valence-electron chi connectivity index (χ2n) is 10.6. The van der Waals surface area contributed by atoms with Gasteiger partial charge in [0.1, 0.15) is 0 Å². The van der Waals surface area contributed by atoms with Gasteiger partial charge in [0.2, 0.25) is 11.8 Å². The highest BCUT2D eigenvalue weighted by Gasteiger charge is 2.17. The largest absolute Gasteiger partial charge is 0.343 e. The highest BCUT2D eigenvalue weighted by atomic mass is 16.2. The molecule has 0 spiro atoms. The Labute approximate surface area is 212 Å². The summed E-state index contributed by atoms with van der Waals surface area (Å²) >= 11 is 0. The molecule has 0 aromatic rings. The second-order valence-corrected chi connectivity index (χ2v) is 10.6. The van der Waals surface area contributed by atoms with Crippen molar-refractivity contribution in [1.82, 2.24) is 9.80 Å². The van der Waals surface area contributed by atoms with E-state index in [1.807, 2.05) is 0 Å². The summed E-state index contributed by atoms with van der Waals surface area (Å²) in [5.74, 6) is 0.776. The first-order valence-electron chi connectivity index (χ1n) is 15.2. The molecule has 2 heterocycles. The first-order chi connectivity index (χ1) is 16.7. The number of hydrogen-bond donors (Lipinski definition) is 0. The topological polar surface area (TPSA) is 40.6 Å². The van der Waals surface area contributed by atoms with Crippen LogP contribution in [0.15, 0.2) is 0 Å². The second kappa shape index (κ2) is 22.4. The maximum atomic E-state index is 11.6. The lowest BCUT2D eigenvalue weighted by Gasteiger charge is -2.26. The molecule has 0 saturated carbocycles. The fourth-order valence-electron chi connectivity index (χ4n) is 5.07. The Morgan fingerprint density at radius 2 is 0.794 bits per heavy atom. The minimum Gasteiger partial charge on any atom is -0.343 e. The predicted octanol–water partition coefficient (Wildman–Crippen LogP) is 8.28. The highest BCUT2D eigenvalue weighted by molar-refractivity contribution is 5.77. The summed E-state index contributed by atoms with van der Waals surface area (Å²) in [6.07, 6.45) is 27.7. The number of amides is 2. The molecule has 2 amide bonds. The zero-order chi connectivity index (χ0) is 24.7. The van der Waals surface area contributed by atoms with Crippen LogP contribution in [0.25, 0.3) is 0 Å². The third-order valence-electron chi connectivity index (χ3n) is 7.41. The van der Waals surface area contributed by atoms with Crippen LogP contribution in [-0.4, -0.2) is 47.8 Å². The van der Waals surface area contributed by atoms with Crippen molar-refractivity contribution >= 4 is 11.8 Å². The van der Waals surface area contributed by atoms with Gasteiger partial charge in [0.15, 0.2) is 0 Å². The first-order valence-corrected chi connectivity index (χ1v) is 15.2. The smallest absolute Gasteiger partial charge is 0.222 e. The monoisotopic (exact) mass is 478 g/mol. The van der Waals surface area contributed by atoms with Gasteiger partial charge in [-0.3, -0.25) is 9.59 Å². The minimum absolute atomic E-state index is 0.388. The highest BCUT2D eigenvalue weighted by Crippen LogP contribution is 2.14. The minimum atomic E-state index is 0.388. The molecule has 0 atom stereocenters. The molecule has 0 aromatic carbocycles. The van der Waals surface area contributed by atoms with Crippen LogP contribution in [0.2, 0.25) is 0 Å². The number of unbranched alkanes of at least 4 members (excludes halogenated alkanes) is 14. The molecule has 0 aromatic heterocycles. The molecule has 34 heavy (non-hydrogen) atoms. The van der Waals surface area contributed by atoms with E-state index in [9.17, 15) is 9.59 Å². The number of carbonyl (C=O) groups excluding carboxylic acids is 2. The third kappa shape index (κ3) is 16.5. The lowest BCUT2D eigenvalue weighted by molar-refractivity contribution is -0.134. The number of nitrogens with zero attached hydrogens (tertiary/aromatic N) is 2. The normalized spacial score (nSPS) is 16.5. The van der Waals surface area contributed by atoms with Gasteiger partial charge in [-0.2, -0.15) is 0 Å². The fourth-order valence-corrected chi connectivity index (χ4v) is 5.07. The Morgan fingerprint density at radius 3 is 1.12 bits per heavy atom. The van der Waals surface area contributed by atoms with Crippen LogP contribution in [0.3, 0.4) is 0 Å². The van der Waals surface area contributed by atoms with Crippen LogP contribution < -0.4 is 0 Å². The summed E-state index contributed by atoms with van der Waals surface area (Å²) < 4.78 is 0. The van der Waals surface area contributed by atoms with E-state index in [0.29, 0.717) is 11.8 Å². The van der Waals surface area contributed by atoms with Gasteiger partial charge in [0, 0.05) is 39.0 Å². The van der Waals surface area contributed by atoms with E-state index in [1.165, 1.54) is 116 Å². The first kappa shape index (κ1) is 31.0. The zero-order valence-electron chi connectivity index (χ0n) is 23.1. The number of piperidine rings is 2. The van der Waals surface area contributed by atoms with Crippen LogP contribution >= 0.6 is 0 Å². The van der Waals surface area contributed by atoms with Crippen LogP contribution in [0.5, 0.6) is 0 Å². The van der Waals surface area contributed by atoms with Gasteiger partial charge in [-0.15, -0.1) is 0 Å². The molecule has 200 valence electrons. The zero-order valence-corrected chi connectivity index (χ0v) is 23.1. The van der Waals surface area contributed by atoms with Crippen molar-refractivity contribution in [3.8, 4) is 0 Å². The molecule has 2 saturated heterocycles. The molecule has 2 fully saturated rings. The summed E-state index contributed by atoms with van der Waals surface area (Å²) in [5, 5.41) is 0. The van der Waals surface area contributed by atoms with Crippen molar-refractivity contribution in [1.29, 1.82) is 0 Å². The van der Waals surface area contributed by atoms with E-state index in [-0.39, 0.29) is 0 Å². The van der Waals surface area contributed by atoms with Gasteiger partial charge < -0.3 is 9.80 Å². The number of hydrogen-bond acceptors (Lipinski definition) is 2. The van der Waals surface area contributed by atoms with Crippen LogP contribution in [0.4, 0.5) is 0 Å². The molecule has 4 heteroatoms. The fraction of sp³-hybridized carbons (Fsp3) is 0.933. The van der Waals surface area contributed by atoms with Gasteiger partial charge in [-0.1, -0.05) is 104 Å². The molecule has 2 rings (SSSR count). The van der Waals surface area contributed by atoms with E-state index >= 15 is 0 Å². The quantitative estimate of drug-likeness (QED) is 0.186. The Bertz CT molecular complexity index is 450.